The maximum atomic E-state index is 13.4. The monoisotopic (exact) mass is 509 g/mol. The minimum atomic E-state index is -0.543. The number of carbonyl (C=O) groups is 1. The lowest BCUT2D eigenvalue weighted by Crippen LogP contribution is -2.59. The van der Waals surface area contributed by atoms with E-state index in [0.717, 1.165) is 37.9 Å². The number of piperazine rings is 1. The van der Waals surface area contributed by atoms with Crippen LogP contribution in [0.4, 0.5) is 5.69 Å². The van der Waals surface area contributed by atoms with E-state index in [1.54, 1.807) is 0 Å². The Morgan fingerprint density at radius 1 is 1.24 bits per heavy atom. The normalized spacial score (nSPS) is 34.4. The van der Waals surface area contributed by atoms with Gasteiger partial charge in [-0.05, 0) is 73.1 Å². The van der Waals surface area contributed by atoms with E-state index in [1.165, 1.54) is 6.21 Å². The molecule has 1 aliphatic heterocycles. The Hall–Kier alpha value is -2.85. The topological polar surface area (TPSA) is 161 Å². The SMILES string of the molecule is CC(C=N)C(N)=NC1C2CC3CC(N=O)(C2)CC1C3c1cc(C(=O)N2CCN(CCO)CC2)ccc1N. The number of benzene rings is 1. The van der Waals surface area contributed by atoms with Gasteiger partial charge in [-0.1, -0.05) is 12.1 Å². The highest BCUT2D eigenvalue weighted by atomic mass is 16.3. The minimum Gasteiger partial charge on any atom is -0.398 e. The fraction of sp³-hybridized carbons (Fsp3) is 0.667. The molecule has 6 N–H and O–H groups in total. The van der Waals surface area contributed by atoms with E-state index in [0.29, 0.717) is 43.1 Å². The van der Waals surface area contributed by atoms with Crippen molar-refractivity contribution in [2.45, 2.75) is 50.1 Å². The number of hydrogen-bond donors (Lipinski definition) is 4. The zero-order chi connectivity index (χ0) is 26.3. The summed E-state index contributed by atoms with van der Waals surface area (Å²) in [5.41, 5.74) is 14.6. The number of aliphatic hydroxyl groups is 1. The first-order chi connectivity index (χ1) is 17.8. The first-order valence-corrected chi connectivity index (χ1v) is 13.5. The zero-order valence-corrected chi connectivity index (χ0v) is 21.6. The Bertz CT molecular complexity index is 1090. The number of amides is 1. The number of carbonyl (C=O) groups excluding carboxylic acids is 1. The molecule has 6 rings (SSSR count). The number of β-amino-alcohol motifs (C(OH)–C–C–N with tert-alkyl or cyclic N) is 1. The quantitative estimate of drug-likeness (QED) is 0.181. The molecule has 1 heterocycles. The molecule has 1 saturated heterocycles. The second-order valence-electron chi connectivity index (χ2n) is 11.6. The summed E-state index contributed by atoms with van der Waals surface area (Å²) in [4.78, 5) is 34.4. The third kappa shape index (κ3) is 4.65. The summed E-state index contributed by atoms with van der Waals surface area (Å²) in [6, 6.07) is 5.58. The minimum absolute atomic E-state index is 0.00151. The molecular formula is C27H39N7O3. The van der Waals surface area contributed by atoms with Crippen LogP contribution in [-0.2, 0) is 0 Å². The van der Waals surface area contributed by atoms with Gasteiger partial charge in [-0.25, -0.2) is 0 Å². The van der Waals surface area contributed by atoms with Crippen LogP contribution in [0.2, 0.25) is 0 Å². The van der Waals surface area contributed by atoms with E-state index in [-0.39, 0.29) is 48.1 Å². The fourth-order valence-electron chi connectivity index (χ4n) is 7.58. The molecule has 4 saturated carbocycles. The van der Waals surface area contributed by atoms with Crippen LogP contribution in [-0.4, -0.2) is 83.8 Å². The highest BCUT2D eigenvalue weighted by molar-refractivity contribution is 5.95. The van der Waals surface area contributed by atoms with Crippen molar-refractivity contribution in [3.63, 3.8) is 0 Å². The number of aliphatic hydroxyl groups excluding tert-OH is 1. The van der Waals surface area contributed by atoms with Crippen molar-refractivity contribution in [3.05, 3.63) is 34.2 Å². The highest BCUT2D eigenvalue weighted by Crippen LogP contribution is 2.63. The summed E-state index contributed by atoms with van der Waals surface area (Å²) in [5.74, 6) is 0.863. The van der Waals surface area contributed by atoms with E-state index in [9.17, 15) is 14.8 Å². The lowest BCUT2D eigenvalue weighted by molar-refractivity contribution is -0.0357. The van der Waals surface area contributed by atoms with Gasteiger partial charge in [0.1, 0.15) is 11.4 Å². The second-order valence-corrected chi connectivity index (χ2v) is 11.6. The van der Waals surface area contributed by atoms with E-state index >= 15 is 0 Å². The van der Waals surface area contributed by atoms with Crippen LogP contribution in [0.3, 0.4) is 0 Å². The predicted molar refractivity (Wildman–Crippen MR) is 144 cm³/mol. The van der Waals surface area contributed by atoms with Crippen molar-refractivity contribution in [2.75, 3.05) is 45.1 Å². The van der Waals surface area contributed by atoms with Gasteiger partial charge in [-0.2, -0.15) is 4.91 Å². The first-order valence-electron chi connectivity index (χ1n) is 13.5. The molecule has 1 amide bonds. The van der Waals surface area contributed by atoms with Gasteiger partial charge in [0.25, 0.3) is 5.91 Å². The average molecular weight is 510 g/mol. The number of anilines is 1. The zero-order valence-electron chi connectivity index (χ0n) is 21.6. The number of nitrogens with two attached hydrogens (primary N) is 2. The van der Waals surface area contributed by atoms with Crippen LogP contribution in [0.5, 0.6) is 0 Å². The summed E-state index contributed by atoms with van der Waals surface area (Å²) < 4.78 is 0. The number of hydrogen-bond acceptors (Lipinski definition) is 8. The van der Waals surface area contributed by atoms with Gasteiger partial charge in [-0.3, -0.25) is 14.7 Å². The lowest BCUT2D eigenvalue weighted by Gasteiger charge is -2.60. The number of nitrogen functional groups attached to an aromatic ring is 1. The third-order valence-corrected chi connectivity index (χ3v) is 9.37. The number of amidine groups is 1. The van der Waals surface area contributed by atoms with E-state index < -0.39 is 5.54 Å². The van der Waals surface area contributed by atoms with Gasteiger partial charge < -0.3 is 26.9 Å². The maximum Gasteiger partial charge on any atom is 0.253 e. The Kier molecular flexibility index (Phi) is 7.06. The number of nitrogens with zero attached hydrogens (tertiary/aromatic N) is 4. The molecule has 7 atom stereocenters. The summed E-state index contributed by atoms with van der Waals surface area (Å²) in [6.07, 6.45) is 4.38. The van der Waals surface area contributed by atoms with Gasteiger partial charge in [-0.15, -0.1) is 0 Å². The van der Waals surface area contributed by atoms with Gasteiger partial charge in [0.2, 0.25) is 0 Å². The molecule has 1 aromatic carbocycles. The van der Waals surface area contributed by atoms with E-state index in [2.05, 4.69) is 10.1 Å². The molecule has 200 valence electrons. The molecule has 5 aliphatic rings. The van der Waals surface area contributed by atoms with Crippen molar-refractivity contribution < 1.29 is 9.90 Å². The molecule has 7 unspecified atom stereocenters. The Balaban J connectivity index is 1.44. The van der Waals surface area contributed by atoms with E-state index in [4.69, 9.17) is 21.9 Å². The molecule has 0 aromatic heterocycles. The molecule has 0 spiro atoms. The smallest absolute Gasteiger partial charge is 0.253 e. The highest BCUT2D eigenvalue weighted by Gasteiger charge is 2.61. The van der Waals surface area contributed by atoms with Gasteiger partial charge >= 0.3 is 0 Å². The van der Waals surface area contributed by atoms with Crippen molar-refractivity contribution in [2.24, 2.45) is 39.6 Å². The molecule has 10 nitrogen and oxygen atoms in total. The van der Waals surface area contributed by atoms with Gasteiger partial charge in [0, 0.05) is 56.1 Å². The van der Waals surface area contributed by atoms with Crippen LogP contribution in [0.25, 0.3) is 0 Å². The van der Waals surface area contributed by atoms with E-state index in [1.807, 2.05) is 30.0 Å². The molecule has 37 heavy (non-hydrogen) atoms. The van der Waals surface area contributed by atoms with Crippen molar-refractivity contribution in [3.8, 4) is 0 Å². The van der Waals surface area contributed by atoms with Crippen molar-refractivity contribution >= 4 is 23.6 Å². The molecule has 4 bridgehead atoms. The summed E-state index contributed by atoms with van der Waals surface area (Å²) >= 11 is 0. The summed E-state index contributed by atoms with van der Waals surface area (Å²) in [5, 5.41) is 20.4. The summed E-state index contributed by atoms with van der Waals surface area (Å²) in [6.45, 7) is 5.37. The molecule has 5 fully saturated rings. The van der Waals surface area contributed by atoms with Crippen LogP contribution in [0, 0.1) is 34.0 Å². The molecule has 1 aromatic rings. The largest absolute Gasteiger partial charge is 0.398 e. The maximum absolute atomic E-state index is 13.4. The van der Waals surface area contributed by atoms with Crippen molar-refractivity contribution in [1.82, 2.24) is 9.80 Å². The average Bonchev–Trinajstić information content (AvgIpc) is 2.91. The second kappa shape index (κ2) is 10.1. The van der Waals surface area contributed by atoms with Crippen molar-refractivity contribution in [1.29, 1.82) is 5.41 Å². The van der Waals surface area contributed by atoms with Crippen LogP contribution in [0.1, 0.15) is 54.4 Å². The first kappa shape index (κ1) is 25.8. The molecular weight excluding hydrogens is 470 g/mol. The number of nitrogens with one attached hydrogen (secondary N) is 1. The molecule has 4 aliphatic carbocycles. The Morgan fingerprint density at radius 3 is 2.65 bits per heavy atom. The van der Waals surface area contributed by atoms with Crippen LogP contribution in [0.15, 0.2) is 28.4 Å². The third-order valence-electron chi connectivity index (χ3n) is 9.37. The molecule has 10 heteroatoms. The van der Waals surface area contributed by atoms with Gasteiger partial charge in [0.15, 0.2) is 0 Å². The Morgan fingerprint density at radius 2 is 1.97 bits per heavy atom. The number of aliphatic imine (C=N–C) groups is 1. The Labute approximate surface area is 218 Å². The fourth-order valence-corrected chi connectivity index (χ4v) is 7.58. The predicted octanol–water partition coefficient (Wildman–Crippen LogP) is 2.07. The number of rotatable bonds is 8. The lowest BCUT2D eigenvalue weighted by atomic mass is 9.46. The summed E-state index contributed by atoms with van der Waals surface area (Å²) in [7, 11) is 0. The van der Waals surface area contributed by atoms with Crippen LogP contribution < -0.4 is 11.5 Å². The van der Waals surface area contributed by atoms with Crippen LogP contribution >= 0.6 is 0 Å². The standard InChI is InChI=1S/C27H39N7O3/c1-16(15-28)25(30)31-24-19-10-18-12-27(13-19,32-37)14-21(24)23(18)20-11-17(2-3-22(20)29)26(36)34-6-4-33(5-7-34)8-9-35/h2-3,11,15-16,18-19,21,23-24,28,35H,4-10,12-14,29H2,1H3,(H2,30,31). The van der Waals surface area contributed by atoms with Gasteiger partial charge in [0.05, 0.1) is 12.6 Å². The number of nitroso groups, excluding NO2 is 1. The molecule has 0 radical (unpaired) electrons.